The van der Waals surface area contributed by atoms with Gasteiger partial charge in [-0.15, -0.1) is 0 Å². The molecular weight excluding hydrogens is 601 g/mol. The summed E-state index contributed by atoms with van der Waals surface area (Å²) in [5.74, 6) is -2.24. The van der Waals surface area contributed by atoms with Crippen LogP contribution < -0.4 is 0 Å². The minimum Gasteiger partial charge on any atom is -0.335 e. The number of imidazole rings is 1. The Balaban J connectivity index is 1.33. The van der Waals surface area contributed by atoms with Gasteiger partial charge in [-0.25, -0.2) is 18.2 Å². The number of aromatic amines is 2. The van der Waals surface area contributed by atoms with E-state index in [1.165, 1.54) is 6.07 Å². The van der Waals surface area contributed by atoms with E-state index in [-0.39, 0.29) is 24.7 Å². The van der Waals surface area contributed by atoms with Crippen molar-refractivity contribution in [1.82, 2.24) is 39.9 Å². The number of halogens is 3. The molecule has 1 saturated heterocycles. The summed E-state index contributed by atoms with van der Waals surface area (Å²) in [7, 11) is 4.06. The molecule has 1 unspecified atom stereocenters. The number of alkyl halides is 2. The third-order valence-corrected chi connectivity index (χ3v) is 8.74. The van der Waals surface area contributed by atoms with Gasteiger partial charge in [-0.2, -0.15) is 5.10 Å². The molecule has 1 fully saturated rings. The zero-order valence-electron chi connectivity index (χ0n) is 27.1. The van der Waals surface area contributed by atoms with E-state index in [1.54, 1.807) is 35.6 Å². The SMILES string of the molecule is C=C/C(=C\C(=C/C)c1cc2c(-c3nc4c(-c5cc(F)cc(C(C)CCN(C)C)c5)cncc4[nH]3)n[nH]c2cn1)CN1CCC(F)(F)C1. The summed E-state index contributed by atoms with van der Waals surface area (Å²) in [6.07, 6.45) is 11.5. The number of fused-ring (bicyclic) bond motifs is 2. The van der Waals surface area contributed by atoms with Crippen molar-refractivity contribution in [1.29, 1.82) is 0 Å². The fourth-order valence-corrected chi connectivity index (χ4v) is 6.06. The predicted molar refractivity (Wildman–Crippen MR) is 182 cm³/mol. The number of aromatic nitrogens is 6. The third-order valence-electron chi connectivity index (χ3n) is 8.74. The third kappa shape index (κ3) is 7.06. The average molecular weight is 641 g/mol. The van der Waals surface area contributed by atoms with Gasteiger partial charge in [0.1, 0.15) is 11.5 Å². The fourth-order valence-electron chi connectivity index (χ4n) is 6.06. The first-order valence-electron chi connectivity index (χ1n) is 15.8. The molecule has 11 heteroatoms. The molecule has 0 spiro atoms. The summed E-state index contributed by atoms with van der Waals surface area (Å²) in [6.45, 7) is 9.31. The number of benzene rings is 1. The Morgan fingerprint density at radius 2 is 1.98 bits per heavy atom. The number of hydrogen-bond acceptors (Lipinski definition) is 6. The smallest absolute Gasteiger partial charge is 0.261 e. The lowest BCUT2D eigenvalue weighted by molar-refractivity contribution is 0.0131. The number of H-pyrrole nitrogens is 2. The predicted octanol–water partition coefficient (Wildman–Crippen LogP) is 7.61. The van der Waals surface area contributed by atoms with Gasteiger partial charge in [-0.3, -0.25) is 20.0 Å². The van der Waals surface area contributed by atoms with Crippen LogP contribution in [0.25, 0.3) is 50.2 Å². The van der Waals surface area contributed by atoms with E-state index in [1.807, 2.05) is 45.3 Å². The van der Waals surface area contributed by atoms with Gasteiger partial charge in [-0.1, -0.05) is 31.7 Å². The number of likely N-dealkylation sites (tertiary alicyclic amines) is 1. The average Bonchev–Trinajstić information content (AvgIpc) is 3.76. The minimum atomic E-state index is -2.65. The highest BCUT2D eigenvalue weighted by molar-refractivity contribution is 5.97. The summed E-state index contributed by atoms with van der Waals surface area (Å²) < 4.78 is 42.5. The van der Waals surface area contributed by atoms with E-state index in [0.29, 0.717) is 46.9 Å². The van der Waals surface area contributed by atoms with E-state index in [0.717, 1.165) is 46.1 Å². The lowest BCUT2D eigenvalue weighted by Gasteiger charge is -2.16. The van der Waals surface area contributed by atoms with Gasteiger partial charge < -0.3 is 9.88 Å². The zero-order chi connectivity index (χ0) is 33.3. The number of allylic oxidation sites excluding steroid dienone is 3. The molecule has 1 atom stereocenters. The Kier molecular flexibility index (Phi) is 9.11. The van der Waals surface area contributed by atoms with Gasteiger partial charge in [0.05, 0.1) is 41.2 Å². The summed E-state index contributed by atoms with van der Waals surface area (Å²) >= 11 is 0. The summed E-state index contributed by atoms with van der Waals surface area (Å²) in [5.41, 5.74) is 7.42. The number of hydrogen-bond donors (Lipinski definition) is 2. The second-order valence-electron chi connectivity index (χ2n) is 12.6. The maximum Gasteiger partial charge on any atom is 0.261 e. The molecule has 8 nitrogen and oxygen atoms in total. The highest BCUT2D eigenvalue weighted by atomic mass is 19.3. The summed E-state index contributed by atoms with van der Waals surface area (Å²) in [5, 5.41) is 8.41. The van der Waals surface area contributed by atoms with Crippen molar-refractivity contribution >= 4 is 27.5 Å². The molecule has 1 aliphatic heterocycles. The van der Waals surface area contributed by atoms with E-state index in [2.05, 4.69) is 43.6 Å². The highest BCUT2D eigenvalue weighted by Gasteiger charge is 2.38. The maximum absolute atomic E-state index is 14.9. The standard InChI is InChI=1S/C36H39F3N8/c1-6-23(20-47-11-9-36(38,39)21-47)12-24(7-2)30-16-28-31(19-41-30)44-45-34(28)35-42-32-18-40-17-29(33(32)43-35)26-13-25(14-27(37)15-26)22(3)8-10-46(4)5/h6-7,12-19,22H,1,8-11,20-21H2,2-5H3,(H,42,43)(H,44,45)/b23-12+,24-7+. The van der Waals surface area contributed by atoms with Gasteiger partial charge in [0.2, 0.25) is 0 Å². The maximum atomic E-state index is 14.9. The second-order valence-corrected chi connectivity index (χ2v) is 12.6. The van der Waals surface area contributed by atoms with Crippen LogP contribution in [0.1, 0.15) is 43.9 Å². The molecule has 4 aromatic heterocycles. The van der Waals surface area contributed by atoms with E-state index >= 15 is 0 Å². The summed E-state index contributed by atoms with van der Waals surface area (Å²) in [6, 6.07) is 7.08. The molecule has 0 bridgehead atoms. The van der Waals surface area contributed by atoms with Crippen molar-refractivity contribution in [2.45, 2.75) is 38.5 Å². The normalized spacial score (nSPS) is 16.5. The molecule has 0 aliphatic carbocycles. The number of pyridine rings is 2. The van der Waals surface area contributed by atoms with Gasteiger partial charge in [0.25, 0.3) is 5.92 Å². The van der Waals surface area contributed by atoms with Crippen LogP contribution >= 0.6 is 0 Å². The largest absolute Gasteiger partial charge is 0.335 e. The van der Waals surface area contributed by atoms with Crippen molar-refractivity contribution in [3.8, 4) is 22.6 Å². The van der Waals surface area contributed by atoms with E-state index in [9.17, 15) is 13.2 Å². The Bertz CT molecular complexity index is 1990. The highest BCUT2D eigenvalue weighted by Crippen LogP contribution is 2.34. The lowest BCUT2D eigenvalue weighted by atomic mass is 9.94. The molecule has 1 aliphatic rings. The summed E-state index contributed by atoms with van der Waals surface area (Å²) in [4.78, 5) is 21.2. The van der Waals surface area contributed by atoms with Crippen LogP contribution in [0.3, 0.4) is 0 Å². The Morgan fingerprint density at radius 1 is 1.15 bits per heavy atom. The van der Waals surface area contributed by atoms with Crippen molar-refractivity contribution in [2.24, 2.45) is 0 Å². The van der Waals surface area contributed by atoms with Crippen molar-refractivity contribution in [3.63, 3.8) is 0 Å². The topological polar surface area (TPSA) is 89.6 Å². The molecule has 5 heterocycles. The monoisotopic (exact) mass is 640 g/mol. The lowest BCUT2D eigenvalue weighted by Crippen LogP contribution is -2.26. The van der Waals surface area contributed by atoms with Crippen LogP contribution in [0.4, 0.5) is 13.2 Å². The number of nitrogens with zero attached hydrogens (tertiary/aromatic N) is 6. The quantitative estimate of drug-likeness (QED) is 0.145. The molecular formula is C36H39F3N8. The van der Waals surface area contributed by atoms with Gasteiger partial charge in [0.15, 0.2) is 5.82 Å². The van der Waals surface area contributed by atoms with Gasteiger partial charge in [-0.05, 0) is 86.5 Å². The molecule has 47 heavy (non-hydrogen) atoms. The van der Waals surface area contributed by atoms with Crippen LogP contribution in [-0.2, 0) is 0 Å². The van der Waals surface area contributed by atoms with Crippen LogP contribution in [0.15, 0.2) is 73.2 Å². The number of rotatable bonds is 11. The molecule has 5 aromatic rings. The molecule has 0 saturated carbocycles. The molecule has 2 N–H and O–H groups in total. The second kappa shape index (κ2) is 13.2. The van der Waals surface area contributed by atoms with Crippen LogP contribution in [0, 0.1) is 5.82 Å². The number of nitrogens with one attached hydrogen (secondary N) is 2. The Labute approximate surface area is 272 Å². The van der Waals surface area contributed by atoms with E-state index < -0.39 is 5.92 Å². The van der Waals surface area contributed by atoms with Crippen molar-refractivity contribution in [2.75, 3.05) is 40.3 Å². The van der Waals surface area contributed by atoms with Crippen molar-refractivity contribution < 1.29 is 13.2 Å². The first-order valence-corrected chi connectivity index (χ1v) is 15.8. The first-order chi connectivity index (χ1) is 22.5. The molecule has 0 amide bonds. The Morgan fingerprint density at radius 3 is 2.70 bits per heavy atom. The van der Waals surface area contributed by atoms with Gasteiger partial charge >= 0.3 is 0 Å². The Hall–Kier alpha value is -4.61. The minimum absolute atomic E-state index is 0.131. The van der Waals surface area contributed by atoms with Crippen LogP contribution in [0.5, 0.6) is 0 Å². The molecule has 0 radical (unpaired) electrons. The van der Waals surface area contributed by atoms with Crippen LogP contribution in [-0.4, -0.2) is 86.1 Å². The fraction of sp³-hybridized carbons (Fsp3) is 0.333. The zero-order valence-corrected chi connectivity index (χ0v) is 27.1. The van der Waals surface area contributed by atoms with Gasteiger partial charge in [0, 0.05) is 36.7 Å². The molecule has 1 aromatic carbocycles. The molecule has 6 rings (SSSR count). The van der Waals surface area contributed by atoms with E-state index in [4.69, 9.17) is 4.98 Å². The molecule has 244 valence electrons. The van der Waals surface area contributed by atoms with Crippen molar-refractivity contribution in [3.05, 3.63) is 90.3 Å². The van der Waals surface area contributed by atoms with Crippen LogP contribution in [0.2, 0.25) is 0 Å². The first kappa shape index (κ1) is 32.3.